The molecule has 16 heavy (non-hydrogen) atoms. The van der Waals surface area contributed by atoms with E-state index in [2.05, 4.69) is 20.4 Å². The van der Waals surface area contributed by atoms with Crippen LogP contribution in [0.4, 0.5) is 0 Å². The van der Waals surface area contributed by atoms with Gasteiger partial charge in [-0.05, 0) is 36.5 Å². The maximum Gasteiger partial charge on any atom is 0.483 e. The molecule has 0 aromatic heterocycles. The molecule has 3 saturated carbocycles. The van der Waals surface area contributed by atoms with Crippen LogP contribution in [0.5, 0.6) is 0 Å². The third-order valence-electron chi connectivity index (χ3n) is 4.85. The molecule has 0 saturated heterocycles. The minimum absolute atomic E-state index is 0.0152. The molecule has 0 aromatic carbocycles. The highest BCUT2D eigenvalue weighted by Gasteiger charge is 2.61. The van der Waals surface area contributed by atoms with E-state index in [-0.39, 0.29) is 12.0 Å². The number of hydrogen-bond acceptors (Lipinski definition) is 3. The summed E-state index contributed by atoms with van der Waals surface area (Å²) in [6, 6.07) is 0. The highest BCUT2D eigenvalue weighted by atomic mass is 16.5. The Bertz CT molecular complexity index is 290. The van der Waals surface area contributed by atoms with Crippen LogP contribution >= 0.6 is 0 Å². The zero-order valence-electron chi connectivity index (χ0n) is 10.1. The van der Waals surface area contributed by atoms with E-state index in [1.54, 1.807) is 0 Å². The molecule has 4 heteroatoms. The van der Waals surface area contributed by atoms with Gasteiger partial charge in [0.15, 0.2) is 0 Å². The van der Waals surface area contributed by atoms with Crippen molar-refractivity contribution < 1.29 is 14.8 Å². The summed E-state index contributed by atoms with van der Waals surface area (Å²) < 4.78 is 5.65. The van der Waals surface area contributed by atoms with Crippen molar-refractivity contribution in [2.24, 2.45) is 17.3 Å². The monoisotopic (exact) mass is 224 g/mol. The Balaban J connectivity index is 2.17. The van der Waals surface area contributed by atoms with Gasteiger partial charge in [-0.2, -0.15) is 0 Å². The van der Waals surface area contributed by atoms with Gasteiger partial charge >= 0.3 is 7.12 Å². The van der Waals surface area contributed by atoms with Crippen molar-refractivity contribution in [2.45, 2.75) is 38.7 Å². The molecule has 3 aliphatic rings. The average Bonchev–Trinajstić information content (AvgIpc) is 2.28. The predicted octanol–water partition coefficient (Wildman–Crippen LogP) is 1.40. The van der Waals surface area contributed by atoms with E-state index < -0.39 is 12.7 Å². The lowest BCUT2D eigenvalue weighted by Crippen LogP contribution is -2.65. The Morgan fingerprint density at radius 2 is 2.25 bits per heavy atom. The first-order valence-corrected chi connectivity index (χ1v) is 6.05. The molecular weight excluding hydrogens is 203 g/mol. The van der Waals surface area contributed by atoms with Crippen LogP contribution in [0.25, 0.3) is 0 Å². The fourth-order valence-corrected chi connectivity index (χ4v) is 3.65. The molecule has 2 bridgehead atoms. The molecule has 3 atom stereocenters. The van der Waals surface area contributed by atoms with Gasteiger partial charge in [0.25, 0.3) is 0 Å². The fraction of sp³-hybridized carbons (Fsp3) is 0.833. The minimum atomic E-state index is -0.972. The van der Waals surface area contributed by atoms with E-state index >= 15 is 0 Å². The van der Waals surface area contributed by atoms with Crippen molar-refractivity contribution in [1.82, 2.24) is 0 Å². The van der Waals surface area contributed by atoms with Crippen LogP contribution in [0, 0.1) is 17.3 Å². The smallest absolute Gasteiger partial charge is 0.423 e. The Morgan fingerprint density at radius 3 is 2.69 bits per heavy atom. The van der Waals surface area contributed by atoms with Gasteiger partial charge in [-0.15, -0.1) is 6.58 Å². The molecule has 3 fully saturated rings. The lowest BCUT2D eigenvalue weighted by Gasteiger charge is -2.64. The van der Waals surface area contributed by atoms with Crippen molar-refractivity contribution in [1.29, 1.82) is 0 Å². The largest absolute Gasteiger partial charge is 0.483 e. The third kappa shape index (κ3) is 1.55. The molecule has 3 nitrogen and oxygen atoms in total. The second-order valence-electron chi connectivity index (χ2n) is 5.81. The van der Waals surface area contributed by atoms with Crippen molar-refractivity contribution in [3.05, 3.63) is 12.6 Å². The van der Waals surface area contributed by atoms with Gasteiger partial charge in [0.2, 0.25) is 0 Å². The molecule has 0 heterocycles. The van der Waals surface area contributed by atoms with Gasteiger partial charge in [-0.25, -0.2) is 0 Å². The number of hydrogen-bond donors (Lipinski definition) is 2. The van der Waals surface area contributed by atoms with Crippen molar-refractivity contribution >= 4 is 7.12 Å². The molecule has 0 aliphatic heterocycles. The first kappa shape index (κ1) is 12.2. The second-order valence-corrected chi connectivity index (χ2v) is 5.81. The summed E-state index contributed by atoms with van der Waals surface area (Å²) in [6.45, 7) is 7.96. The molecule has 0 amide bonds. The number of rotatable bonds is 4. The first-order valence-electron chi connectivity index (χ1n) is 6.05. The highest BCUT2D eigenvalue weighted by Crippen LogP contribution is 2.63. The SMILES string of the molecule is C=CB(O)O[C@]1(CO)CC[C@H]2C[C@@H]1C2(C)C. The molecule has 0 unspecified atom stereocenters. The van der Waals surface area contributed by atoms with Crippen LogP contribution in [0.3, 0.4) is 0 Å². The third-order valence-corrected chi connectivity index (χ3v) is 4.85. The molecule has 0 radical (unpaired) electrons. The summed E-state index contributed by atoms with van der Waals surface area (Å²) in [4.78, 5) is 0. The molecule has 0 aromatic rings. The van der Waals surface area contributed by atoms with Crippen LogP contribution in [-0.2, 0) is 4.65 Å². The minimum Gasteiger partial charge on any atom is -0.423 e. The van der Waals surface area contributed by atoms with E-state index in [0.29, 0.717) is 5.92 Å². The Morgan fingerprint density at radius 1 is 1.56 bits per heavy atom. The van der Waals surface area contributed by atoms with Crippen LogP contribution < -0.4 is 0 Å². The lowest BCUT2D eigenvalue weighted by molar-refractivity contribution is -0.208. The average molecular weight is 224 g/mol. The van der Waals surface area contributed by atoms with Crippen LogP contribution in [0.1, 0.15) is 33.1 Å². The van der Waals surface area contributed by atoms with Crippen LogP contribution in [0.15, 0.2) is 12.6 Å². The fourth-order valence-electron chi connectivity index (χ4n) is 3.65. The summed E-state index contributed by atoms with van der Waals surface area (Å²) in [5.41, 5.74) is -0.340. The number of fused-ring (bicyclic) bond motifs is 2. The maximum absolute atomic E-state index is 9.64. The summed E-state index contributed by atoms with van der Waals surface area (Å²) in [7, 11) is -0.972. The van der Waals surface area contributed by atoms with Gasteiger partial charge in [-0.1, -0.05) is 19.8 Å². The van der Waals surface area contributed by atoms with E-state index in [1.807, 2.05) is 0 Å². The van der Waals surface area contributed by atoms with E-state index in [9.17, 15) is 10.1 Å². The topological polar surface area (TPSA) is 49.7 Å². The maximum atomic E-state index is 9.64. The predicted molar refractivity (Wildman–Crippen MR) is 63.7 cm³/mol. The van der Waals surface area contributed by atoms with Gasteiger partial charge in [0, 0.05) is 0 Å². The Hall–Kier alpha value is -0.315. The van der Waals surface area contributed by atoms with Gasteiger partial charge in [-0.3, -0.25) is 0 Å². The molecule has 0 spiro atoms. The summed E-state index contributed by atoms with van der Waals surface area (Å²) >= 11 is 0. The zero-order chi connectivity index (χ0) is 12.0. The van der Waals surface area contributed by atoms with E-state index in [0.717, 1.165) is 25.2 Å². The van der Waals surface area contributed by atoms with Crippen molar-refractivity contribution in [2.75, 3.05) is 6.61 Å². The summed E-state index contributed by atoms with van der Waals surface area (Å²) in [5, 5.41) is 19.2. The Labute approximate surface area is 97.6 Å². The first-order chi connectivity index (χ1) is 7.46. The second kappa shape index (κ2) is 3.86. The van der Waals surface area contributed by atoms with Gasteiger partial charge < -0.3 is 14.8 Å². The quantitative estimate of drug-likeness (QED) is 0.709. The molecule has 3 aliphatic carbocycles. The molecule has 3 rings (SSSR count). The standard InChI is InChI=1S/C12H21BO3/c1-4-13(15)16-12(8-14)6-5-9-7-10(12)11(9,2)3/h4,9-10,14-15H,1,5-8H2,2-3H3/t9-,10+,12-/m0/s1. The molecular formula is C12H21BO3. The van der Waals surface area contributed by atoms with Crippen molar-refractivity contribution in [3.63, 3.8) is 0 Å². The van der Waals surface area contributed by atoms with Crippen molar-refractivity contribution in [3.8, 4) is 0 Å². The zero-order valence-corrected chi connectivity index (χ0v) is 10.1. The number of aliphatic hydroxyl groups is 1. The van der Waals surface area contributed by atoms with Crippen LogP contribution in [0.2, 0.25) is 0 Å². The van der Waals surface area contributed by atoms with Crippen LogP contribution in [-0.4, -0.2) is 29.5 Å². The normalized spacial score (nSPS) is 40.0. The summed E-state index contributed by atoms with van der Waals surface area (Å²) in [6.07, 6.45) is 3.03. The van der Waals surface area contributed by atoms with Gasteiger partial charge in [0.1, 0.15) is 0 Å². The van der Waals surface area contributed by atoms with E-state index in [4.69, 9.17) is 4.65 Å². The lowest BCUT2D eigenvalue weighted by atomic mass is 9.44. The molecule has 2 N–H and O–H groups in total. The highest BCUT2D eigenvalue weighted by molar-refractivity contribution is 6.49. The van der Waals surface area contributed by atoms with E-state index in [1.165, 1.54) is 5.98 Å². The number of aliphatic hydroxyl groups excluding tert-OH is 1. The summed E-state index contributed by atoms with van der Waals surface area (Å²) in [5.74, 6) is 2.47. The Kier molecular flexibility index (Phi) is 2.93. The van der Waals surface area contributed by atoms with Gasteiger partial charge in [0.05, 0.1) is 12.2 Å². The molecule has 90 valence electrons.